The largest absolute Gasteiger partial charge is 0.478 e. The number of carboxylic acids is 2. The van der Waals surface area contributed by atoms with Gasteiger partial charge in [-0.1, -0.05) is 12.1 Å². The van der Waals surface area contributed by atoms with Crippen molar-refractivity contribution in [2.75, 3.05) is 12.4 Å². The second kappa shape index (κ2) is 9.50. The van der Waals surface area contributed by atoms with Crippen LogP contribution in [0.2, 0.25) is 0 Å². The fourth-order valence-corrected chi connectivity index (χ4v) is 1.47. The molecule has 0 amide bonds. The molecule has 0 aliphatic carbocycles. The van der Waals surface area contributed by atoms with Gasteiger partial charge in [-0.3, -0.25) is 4.99 Å². The van der Waals surface area contributed by atoms with Crippen LogP contribution < -0.4 is 5.32 Å². The molecule has 0 aliphatic rings. The van der Waals surface area contributed by atoms with Gasteiger partial charge in [-0.15, -0.1) is 0 Å². The van der Waals surface area contributed by atoms with Crippen LogP contribution in [0.5, 0.6) is 0 Å². The molecule has 0 radical (unpaired) electrons. The van der Waals surface area contributed by atoms with E-state index in [0.717, 1.165) is 16.9 Å². The third kappa shape index (κ3) is 7.23. The van der Waals surface area contributed by atoms with Crippen LogP contribution in [0.1, 0.15) is 0 Å². The molecule has 0 saturated carbocycles. The summed E-state index contributed by atoms with van der Waals surface area (Å²) in [5.74, 6) is -2.51. The van der Waals surface area contributed by atoms with E-state index >= 15 is 0 Å². The number of carboxylic acid groups (broad SMARTS) is 2. The van der Waals surface area contributed by atoms with E-state index in [2.05, 4.69) is 20.3 Å². The van der Waals surface area contributed by atoms with E-state index in [4.69, 9.17) is 10.2 Å². The van der Waals surface area contributed by atoms with E-state index in [9.17, 15) is 9.59 Å². The number of nitrogens with zero attached hydrogens (tertiary/aromatic N) is 2. The third-order valence-electron chi connectivity index (χ3n) is 2.40. The first-order valence-corrected chi connectivity index (χ1v) is 6.43. The van der Waals surface area contributed by atoms with Gasteiger partial charge in [-0.25, -0.2) is 14.6 Å². The Morgan fingerprint density at radius 2 is 1.96 bits per heavy atom. The average molecular weight is 316 g/mol. The highest BCUT2D eigenvalue weighted by Crippen LogP contribution is 2.19. The molecule has 4 N–H and O–H groups in total. The minimum atomic E-state index is -1.26. The van der Waals surface area contributed by atoms with Crippen LogP contribution in [-0.2, 0) is 9.59 Å². The molecule has 0 fully saturated rings. The highest BCUT2D eigenvalue weighted by Gasteiger charge is 1.98. The van der Waals surface area contributed by atoms with Gasteiger partial charge >= 0.3 is 11.9 Å². The van der Waals surface area contributed by atoms with Gasteiger partial charge in [0, 0.05) is 30.5 Å². The van der Waals surface area contributed by atoms with E-state index < -0.39 is 11.9 Å². The van der Waals surface area contributed by atoms with Gasteiger partial charge in [0.2, 0.25) is 0 Å². The lowest BCUT2D eigenvalue weighted by Crippen LogP contribution is -1.94. The quantitative estimate of drug-likeness (QED) is 0.379. The predicted octanol–water partition coefficient (Wildman–Crippen LogP) is 1.86. The van der Waals surface area contributed by atoms with Gasteiger partial charge in [-0.2, -0.15) is 0 Å². The fourth-order valence-electron chi connectivity index (χ4n) is 1.47. The molecule has 0 aliphatic heterocycles. The summed E-state index contributed by atoms with van der Waals surface area (Å²) in [6.07, 6.45) is 6.24. The molecule has 0 unspecified atom stereocenters. The average Bonchev–Trinajstić information content (AvgIpc) is 3.06. The van der Waals surface area contributed by atoms with Gasteiger partial charge in [0.15, 0.2) is 0 Å². The molecule has 1 aromatic heterocycles. The van der Waals surface area contributed by atoms with Crippen molar-refractivity contribution >= 4 is 24.0 Å². The standard InChI is InChI=1S/C11H12N4.C4H4O4/c1-12-7-14-10-4-2-3-9(5-10)11-6-13-8-15-11;5-3(6)1-2-4(7)8/h2-8H,1H3,(H,12,14)(H,13,15);1-2H,(H,5,6)(H,7,8)/b;2-1+. The Hall–Kier alpha value is -3.42. The lowest BCUT2D eigenvalue weighted by Gasteiger charge is -2.02. The first-order chi connectivity index (χ1) is 11.0. The maximum atomic E-state index is 9.55. The molecule has 1 aromatic carbocycles. The number of aromatic nitrogens is 2. The van der Waals surface area contributed by atoms with Crippen LogP contribution in [0, 0.1) is 0 Å². The summed E-state index contributed by atoms with van der Waals surface area (Å²) in [4.78, 5) is 30.0. The minimum Gasteiger partial charge on any atom is -0.478 e. The second-order valence-electron chi connectivity index (χ2n) is 4.09. The third-order valence-corrected chi connectivity index (χ3v) is 2.40. The Morgan fingerprint density at radius 3 is 2.48 bits per heavy atom. The number of rotatable bonds is 5. The number of hydrogen-bond acceptors (Lipinski definition) is 4. The Kier molecular flexibility index (Phi) is 7.29. The predicted molar refractivity (Wildman–Crippen MR) is 86.5 cm³/mol. The van der Waals surface area contributed by atoms with Crippen LogP contribution in [0.3, 0.4) is 0 Å². The number of carbonyl (C=O) groups is 2. The first kappa shape index (κ1) is 17.6. The molecule has 2 rings (SSSR count). The Bertz CT molecular complexity index is 677. The van der Waals surface area contributed by atoms with Crippen LogP contribution in [0.15, 0.2) is 53.9 Å². The molecule has 0 saturated heterocycles. The van der Waals surface area contributed by atoms with Crippen molar-refractivity contribution in [2.45, 2.75) is 0 Å². The maximum absolute atomic E-state index is 9.55. The Labute approximate surface area is 132 Å². The smallest absolute Gasteiger partial charge is 0.328 e. The van der Waals surface area contributed by atoms with Crippen molar-refractivity contribution in [2.24, 2.45) is 4.99 Å². The highest BCUT2D eigenvalue weighted by atomic mass is 16.4. The number of hydrogen-bond donors (Lipinski definition) is 4. The SMILES string of the molecule is CN=CNc1cccc(-c2cnc[nH]2)c1.O=C(O)/C=C/C(=O)O. The molecule has 120 valence electrons. The number of imidazole rings is 1. The number of aliphatic imine (C=N–C) groups is 1. The van der Waals surface area contributed by atoms with Gasteiger partial charge in [0.1, 0.15) is 0 Å². The Morgan fingerprint density at radius 1 is 1.26 bits per heavy atom. The van der Waals surface area contributed by atoms with Gasteiger partial charge in [0.05, 0.1) is 24.6 Å². The normalized spacial score (nSPS) is 10.3. The summed E-state index contributed by atoms with van der Waals surface area (Å²) in [5, 5.41) is 18.7. The number of nitrogens with one attached hydrogen (secondary N) is 2. The fraction of sp³-hybridized carbons (Fsp3) is 0.0667. The number of anilines is 1. The van der Waals surface area contributed by atoms with Crippen molar-refractivity contribution in [3.63, 3.8) is 0 Å². The summed E-state index contributed by atoms with van der Waals surface area (Å²) < 4.78 is 0. The summed E-state index contributed by atoms with van der Waals surface area (Å²) in [6.45, 7) is 0. The summed E-state index contributed by atoms with van der Waals surface area (Å²) >= 11 is 0. The Balaban J connectivity index is 0.000000284. The monoisotopic (exact) mass is 316 g/mol. The first-order valence-electron chi connectivity index (χ1n) is 6.43. The van der Waals surface area contributed by atoms with Crippen LogP contribution in [0.4, 0.5) is 5.69 Å². The highest BCUT2D eigenvalue weighted by molar-refractivity contribution is 5.89. The van der Waals surface area contributed by atoms with Crippen molar-refractivity contribution in [3.05, 3.63) is 48.9 Å². The molecule has 23 heavy (non-hydrogen) atoms. The topological polar surface area (TPSA) is 128 Å². The zero-order valence-corrected chi connectivity index (χ0v) is 12.3. The number of aliphatic carboxylic acids is 2. The minimum absolute atomic E-state index is 0.558. The van der Waals surface area contributed by atoms with E-state index in [1.807, 2.05) is 24.3 Å². The van der Waals surface area contributed by atoms with E-state index in [1.54, 1.807) is 25.9 Å². The van der Waals surface area contributed by atoms with Crippen molar-refractivity contribution in [3.8, 4) is 11.3 Å². The van der Waals surface area contributed by atoms with Gasteiger partial charge in [0.25, 0.3) is 0 Å². The molecular weight excluding hydrogens is 300 g/mol. The summed E-state index contributed by atoms with van der Waals surface area (Å²) in [6, 6.07) is 8.04. The molecule has 0 spiro atoms. The van der Waals surface area contributed by atoms with Gasteiger partial charge < -0.3 is 20.5 Å². The lowest BCUT2D eigenvalue weighted by molar-refractivity contribution is -0.134. The maximum Gasteiger partial charge on any atom is 0.328 e. The van der Waals surface area contributed by atoms with Crippen LogP contribution in [0.25, 0.3) is 11.3 Å². The molecule has 2 aromatic rings. The van der Waals surface area contributed by atoms with Crippen LogP contribution in [-0.4, -0.2) is 45.5 Å². The second-order valence-corrected chi connectivity index (χ2v) is 4.09. The molecule has 1 heterocycles. The molecule has 8 nitrogen and oxygen atoms in total. The molecule has 8 heteroatoms. The molecular formula is C15H16N4O4. The summed E-state index contributed by atoms with van der Waals surface area (Å²) in [7, 11) is 1.73. The molecule has 0 atom stereocenters. The lowest BCUT2D eigenvalue weighted by atomic mass is 10.1. The van der Waals surface area contributed by atoms with Gasteiger partial charge in [-0.05, 0) is 12.1 Å². The van der Waals surface area contributed by atoms with E-state index in [1.165, 1.54) is 0 Å². The van der Waals surface area contributed by atoms with Crippen LogP contribution >= 0.6 is 0 Å². The van der Waals surface area contributed by atoms with E-state index in [-0.39, 0.29) is 0 Å². The van der Waals surface area contributed by atoms with Crippen molar-refractivity contribution in [1.29, 1.82) is 0 Å². The summed E-state index contributed by atoms with van der Waals surface area (Å²) in [5.41, 5.74) is 3.11. The number of H-pyrrole nitrogens is 1. The zero-order chi connectivity index (χ0) is 17.1. The van der Waals surface area contributed by atoms with Crippen molar-refractivity contribution in [1.82, 2.24) is 9.97 Å². The number of aromatic amines is 1. The molecule has 0 bridgehead atoms. The van der Waals surface area contributed by atoms with E-state index in [0.29, 0.717) is 12.2 Å². The number of benzene rings is 1. The zero-order valence-electron chi connectivity index (χ0n) is 12.3. The van der Waals surface area contributed by atoms with Crippen molar-refractivity contribution < 1.29 is 19.8 Å².